The first kappa shape index (κ1) is 11.3. The van der Waals surface area contributed by atoms with Gasteiger partial charge in [-0.25, -0.2) is 9.78 Å². The highest BCUT2D eigenvalue weighted by Crippen LogP contribution is 2.25. The van der Waals surface area contributed by atoms with Gasteiger partial charge in [-0.15, -0.1) is 0 Å². The van der Waals surface area contributed by atoms with Crippen molar-refractivity contribution in [2.24, 2.45) is 5.73 Å². The molecular formula is C13H12N2O2. The molecule has 0 amide bonds. The van der Waals surface area contributed by atoms with Crippen LogP contribution in [-0.2, 0) is 6.54 Å². The Morgan fingerprint density at radius 3 is 2.59 bits per heavy atom. The van der Waals surface area contributed by atoms with Gasteiger partial charge in [0.1, 0.15) is 0 Å². The quantitative estimate of drug-likeness (QED) is 0.841. The van der Waals surface area contributed by atoms with Crippen LogP contribution < -0.4 is 5.73 Å². The first-order valence-electron chi connectivity index (χ1n) is 5.20. The topological polar surface area (TPSA) is 76.2 Å². The third-order valence-electron chi connectivity index (χ3n) is 2.54. The molecule has 4 heteroatoms. The summed E-state index contributed by atoms with van der Waals surface area (Å²) in [6.45, 7) is 0.365. The van der Waals surface area contributed by atoms with Crippen LogP contribution in [0.1, 0.15) is 16.1 Å². The lowest BCUT2D eigenvalue weighted by Crippen LogP contribution is -2.05. The Bertz CT molecular complexity index is 553. The number of carboxylic acid groups (broad SMARTS) is 1. The average Bonchev–Trinajstić information content (AvgIpc) is 2.38. The van der Waals surface area contributed by atoms with E-state index in [4.69, 9.17) is 10.8 Å². The zero-order valence-electron chi connectivity index (χ0n) is 9.13. The molecular weight excluding hydrogens is 216 g/mol. The van der Waals surface area contributed by atoms with Crippen molar-refractivity contribution in [3.05, 3.63) is 53.9 Å². The summed E-state index contributed by atoms with van der Waals surface area (Å²) in [4.78, 5) is 15.0. The standard InChI is InChI=1S/C13H12N2O2/c14-8-9-4-1-2-5-10(9)11-6-3-7-15-12(11)13(16)17/h1-7H,8,14H2,(H,16,17). The van der Waals surface area contributed by atoms with Crippen LogP contribution in [0.5, 0.6) is 0 Å². The van der Waals surface area contributed by atoms with Crippen molar-refractivity contribution in [3.8, 4) is 11.1 Å². The van der Waals surface area contributed by atoms with Gasteiger partial charge in [0.05, 0.1) is 0 Å². The molecule has 2 rings (SSSR count). The highest BCUT2D eigenvalue weighted by Gasteiger charge is 2.14. The molecule has 4 nitrogen and oxygen atoms in total. The van der Waals surface area contributed by atoms with Crippen LogP contribution in [0, 0.1) is 0 Å². The second-order valence-corrected chi connectivity index (χ2v) is 3.57. The minimum Gasteiger partial charge on any atom is -0.476 e. The van der Waals surface area contributed by atoms with E-state index in [9.17, 15) is 4.79 Å². The third-order valence-corrected chi connectivity index (χ3v) is 2.54. The largest absolute Gasteiger partial charge is 0.476 e. The van der Waals surface area contributed by atoms with Gasteiger partial charge in [0, 0.05) is 18.3 Å². The molecule has 3 N–H and O–H groups in total. The van der Waals surface area contributed by atoms with Crippen molar-refractivity contribution < 1.29 is 9.90 Å². The summed E-state index contributed by atoms with van der Waals surface area (Å²) in [6, 6.07) is 10.9. The van der Waals surface area contributed by atoms with Crippen LogP contribution in [0.15, 0.2) is 42.6 Å². The van der Waals surface area contributed by atoms with Gasteiger partial charge >= 0.3 is 5.97 Å². The molecule has 86 valence electrons. The molecule has 0 spiro atoms. The SMILES string of the molecule is NCc1ccccc1-c1cccnc1C(=O)O. The second-order valence-electron chi connectivity index (χ2n) is 3.57. The van der Waals surface area contributed by atoms with Crippen molar-refractivity contribution in [2.75, 3.05) is 0 Å². The fourth-order valence-electron chi connectivity index (χ4n) is 1.75. The molecule has 0 saturated heterocycles. The van der Waals surface area contributed by atoms with E-state index in [-0.39, 0.29) is 5.69 Å². The molecule has 0 saturated carbocycles. The predicted octanol–water partition coefficient (Wildman–Crippen LogP) is 1.91. The number of pyridine rings is 1. The summed E-state index contributed by atoms with van der Waals surface area (Å²) < 4.78 is 0. The fraction of sp³-hybridized carbons (Fsp3) is 0.0769. The predicted molar refractivity (Wildman–Crippen MR) is 64.5 cm³/mol. The van der Waals surface area contributed by atoms with Crippen molar-refractivity contribution in [1.82, 2.24) is 4.98 Å². The van der Waals surface area contributed by atoms with Crippen molar-refractivity contribution in [3.63, 3.8) is 0 Å². The molecule has 0 unspecified atom stereocenters. The molecule has 1 heterocycles. The Morgan fingerprint density at radius 2 is 1.88 bits per heavy atom. The molecule has 0 radical (unpaired) electrons. The summed E-state index contributed by atoms with van der Waals surface area (Å²) in [6.07, 6.45) is 1.47. The first-order valence-corrected chi connectivity index (χ1v) is 5.20. The van der Waals surface area contributed by atoms with Gasteiger partial charge in [-0.05, 0) is 17.2 Å². The fourth-order valence-corrected chi connectivity index (χ4v) is 1.75. The van der Waals surface area contributed by atoms with Gasteiger partial charge in [-0.3, -0.25) is 0 Å². The smallest absolute Gasteiger partial charge is 0.355 e. The van der Waals surface area contributed by atoms with Crippen LogP contribution in [0.4, 0.5) is 0 Å². The minimum atomic E-state index is -1.03. The minimum absolute atomic E-state index is 0.0494. The number of aromatic nitrogens is 1. The van der Waals surface area contributed by atoms with Crippen LogP contribution in [0.2, 0.25) is 0 Å². The number of carboxylic acids is 1. The Kier molecular flexibility index (Phi) is 3.16. The molecule has 0 bridgehead atoms. The lowest BCUT2D eigenvalue weighted by molar-refractivity contribution is 0.0691. The van der Waals surface area contributed by atoms with E-state index >= 15 is 0 Å². The Morgan fingerprint density at radius 1 is 1.18 bits per heavy atom. The number of nitrogens with two attached hydrogens (primary N) is 1. The summed E-state index contributed by atoms with van der Waals surface area (Å²) in [5, 5.41) is 9.10. The number of carbonyl (C=O) groups is 1. The lowest BCUT2D eigenvalue weighted by atomic mass is 9.98. The zero-order valence-corrected chi connectivity index (χ0v) is 9.13. The average molecular weight is 228 g/mol. The maximum Gasteiger partial charge on any atom is 0.355 e. The summed E-state index contributed by atoms with van der Waals surface area (Å²) in [7, 11) is 0. The lowest BCUT2D eigenvalue weighted by Gasteiger charge is -2.09. The molecule has 1 aromatic carbocycles. The molecule has 17 heavy (non-hydrogen) atoms. The van der Waals surface area contributed by atoms with E-state index in [1.807, 2.05) is 24.3 Å². The number of benzene rings is 1. The van der Waals surface area contributed by atoms with Crippen molar-refractivity contribution in [2.45, 2.75) is 6.54 Å². The van der Waals surface area contributed by atoms with Crippen LogP contribution >= 0.6 is 0 Å². The summed E-state index contributed by atoms with van der Waals surface area (Å²) in [5.74, 6) is -1.03. The maximum atomic E-state index is 11.1. The number of nitrogens with zero attached hydrogens (tertiary/aromatic N) is 1. The van der Waals surface area contributed by atoms with E-state index in [1.54, 1.807) is 12.1 Å². The van der Waals surface area contributed by atoms with Gasteiger partial charge in [0.15, 0.2) is 5.69 Å². The maximum absolute atomic E-state index is 11.1. The highest BCUT2D eigenvalue weighted by atomic mass is 16.4. The second kappa shape index (κ2) is 4.76. The van der Waals surface area contributed by atoms with E-state index in [0.717, 1.165) is 11.1 Å². The molecule has 0 atom stereocenters. The molecule has 0 aliphatic heterocycles. The normalized spacial score (nSPS) is 10.2. The molecule has 0 aliphatic carbocycles. The van der Waals surface area contributed by atoms with Crippen molar-refractivity contribution >= 4 is 5.97 Å². The monoisotopic (exact) mass is 228 g/mol. The molecule has 0 aliphatic rings. The van der Waals surface area contributed by atoms with E-state index < -0.39 is 5.97 Å². The highest BCUT2D eigenvalue weighted by molar-refractivity contribution is 5.94. The number of aromatic carboxylic acids is 1. The molecule has 1 aromatic heterocycles. The van der Waals surface area contributed by atoms with Gasteiger partial charge in [-0.1, -0.05) is 30.3 Å². The van der Waals surface area contributed by atoms with E-state index in [0.29, 0.717) is 12.1 Å². The van der Waals surface area contributed by atoms with Crippen LogP contribution in [-0.4, -0.2) is 16.1 Å². The van der Waals surface area contributed by atoms with Crippen LogP contribution in [0.25, 0.3) is 11.1 Å². The Balaban J connectivity index is 2.64. The van der Waals surface area contributed by atoms with Crippen molar-refractivity contribution in [1.29, 1.82) is 0 Å². The van der Waals surface area contributed by atoms with Gasteiger partial charge < -0.3 is 10.8 Å². The Labute approximate surface area is 98.7 Å². The summed E-state index contributed by atoms with van der Waals surface area (Å²) >= 11 is 0. The molecule has 2 aromatic rings. The van der Waals surface area contributed by atoms with Crippen LogP contribution in [0.3, 0.4) is 0 Å². The number of rotatable bonds is 3. The van der Waals surface area contributed by atoms with Gasteiger partial charge in [-0.2, -0.15) is 0 Å². The number of hydrogen-bond acceptors (Lipinski definition) is 3. The first-order chi connectivity index (χ1) is 8.24. The third kappa shape index (κ3) is 2.16. The van der Waals surface area contributed by atoms with E-state index in [2.05, 4.69) is 4.98 Å². The molecule has 0 fully saturated rings. The number of hydrogen-bond donors (Lipinski definition) is 2. The zero-order chi connectivity index (χ0) is 12.3. The van der Waals surface area contributed by atoms with E-state index in [1.165, 1.54) is 6.20 Å². The Hall–Kier alpha value is -2.20. The van der Waals surface area contributed by atoms with Gasteiger partial charge in [0.2, 0.25) is 0 Å². The van der Waals surface area contributed by atoms with Gasteiger partial charge in [0.25, 0.3) is 0 Å². The summed E-state index contributed by atoms with van der Waals surface area (Å²) in [5.41, 5.74) is 8.02.